The molecule has 2 unspecified atom stereocenters. The summed E-state index contributed by atoms with van der Waals surface area (Å²) < 4.78 is 4.89. The Bertz CT molecular complexity index is 143. The first-order valence-electron chi connectivity index (χ1n) is 5.06. The van der Waals surface area contributed by atoms with Crippen LogP contribution in [0.1, 0.15) is 40.0 Å². The standard InChI is InChI=1S/C11H21O2/c1-5-7-9(3)10(4)8-11(12)13-6-2/h9-10H,1,5-8H2,2-4H3. The molecule has 0 aliphatic carbocycles. The van der Waals surface area contributed by atoms with Gasteiger partial charge < -0.3 is 4.74 Å². The van der Waals surface area contributed by atoms with Gasteiger partial charge in [0.1, 0.15) is 0 Å². The minimum atomic E-state index is -0.0779. The topological polar surface area (TPSA) is 26.3 Å². The Morgan fingerprint density at radius 2 is 2.00 bits per heavy atom. The fourth-order valence-corrected chi connectivity index (χ4v) is 1.29. The van der Waals surface area contributed by atoms with Gasteiger partial charge in [-0.15, -0.1) is 0 Å². The zero-order valence-electron chi connectivity index (χ0n) is 9.01. The zero-order valence-corrected chi connectivity index (χ0v) is 9.01. The number of carbonyl (C=O) groups is 1. The molecule has 1 radical (unpaired) electrons. The minimum absolute atomic E-state index is 0.0779. The maximum Gasteiger partial charge on any atom is 0.306 e. The first-order chi connectivity index (χ1) is 6.11. The average Bonchev–Trinajstić information content (AvgIpc) is 2.05. The molecule has 0 aliphatic rings. The molecule has 0 amide bonds. The second-order valence-corrected chi connectivity index (χ2v) is 3.61. The van der Waals surface area contributed by atoms with Crippen LogP contribution >= 0.6 is 0 Å². The Morgan fingerprint density at radius 1 is 1.38 bits per heavy atom. The number of ether oxygens (including phenoxy) is 1. The summed E-state index contributed by atoms with van der Waals surface area (Å²) in [7, 11) is 0. The van der Waals surface area contributed by atoms with Gasteiger partial charge in [0.05, 0.1) is 6.61 Å². The van der Waals surface area contributed by atoms with Crippen LogP contribution < -0.4 is 0 Å². The van der Waals surface area contributed by atoms with Gasteiger partial charge in [0.2, 0.25) is 0 Å². The third-order valence-electron chi connectivity index (χ3n) is 2.42. The van der Waals surface area contributed by atoms with Crippen molar-refractivity contribution in [1.29, 1.82) is 0 Å². The normalized spacial score (nSPS) is 15.1. The molecule has 2 nitrogen and oxygen atoms in total. The van der Waals surface area contributed by atoms with Crippen LogP contribution in [0.4, 0.5) is 0 Å². The van der Waals surface area contributed by atoms with Crippen molar-refractivity contribution in [1.82, 2.24) is 0 Å². The molecule has 0 aromatic rings. The summed E-state index contributed by atoms with van der Waals surface area (Å²) in [6.45, 7) is 10.4. The maximum atomic E-state index is 11.1. The summed E-state index contributed by atoms with van der Waals surface area (Å²) >= 11 is 0. The lowest BCUT2D eigenvalue weighted by Gasteiger charge is -2.17. The molecular formula is C11H21O2. The molecule has 0 aliphatic heterocycles. The van der Waals surface area contributed by atoms with Gasteiger partial charge in [0, 0.05) is 6.42 Å². The molecule has 2 heteroatoms. The van der Waals surface area contributed by atoms with Crippen molar-refractivity contribution in [3.63, 3.8) is 0 Å². The van der Waals surface area contributed by atoms with E-state index in [1.54, 1.807) is 0 Å². The molecule has 0 aromatic heterocycles. The van der Waals surface area contributed by atoms with Crippen molar-refractivity contribution in [2.24, 2.45) is 11.8 Å². The van der Waals surface area contributed by atoms with E-state index >= 15 is 0 Å². The number of hydrogen-bond acceptors (Lipinski definition) is 2. The first kappa shape index (κ1) is 12.5. The summed E-state index contributed by atoms with van der Waals surface area (Å²) in [6, 6.07) is 0. The SMILES string of the molecule is [CH2]CCC(C)C(C)CC(=O)OCC. The molecule has 0 saturated carbocycles. The van der Waals surface area contributed by atoms with Gasteiger partial charge in [-0.05, 0) is 18.8 Å². The molecule has 0 fully saturated rings. The van der Waals surface area contributed by atoms with Crippen LogP contribution in [0, 0.1) is 18.8 Å². The lowest BCUT2D eigenvalue weighted by molar-refractivity contribution is -0.144. The highest BCUT2D eigenvalue weighted by molar-refractivity contribution is 5.69. The van der Waals surface area contributed by atoms with Gasteiger partial charge in [0.25, 0.3) is 0 Å². The van der Waals surface area contributed by atoms with Gasteiger partial charge in [-0.25, -0.2) is 0 Å². The van der Waals surface area contributed by atoms with Crippen LogP contribution in [-0.2, 0) is 9.53 Å². The van der Waals surface area contributed by atoms with Crippen molar-refractivity contribution in [2.75, 3.05) is 6.61 Å². The minimum Gasteiger partial charge on any atom is -0.466 e. The summed E-state index contributed by atoms with van der Waals surface area (Å²) in [6.07, 6.45) is 2.56. The molecule has 13 heavy (non-hydrogen) atoms. The molecule has 77 valence electrons. The zero-order chi connectivity index (χ0) is 10.3. The molecule has 2 atom stereocenters. The van der Waals surface area contributed by atoms with Crippen molar-refractivity contribution >= 4 is 5.97 Å². The van der Waals surface area contributed by atoms with Crippen LogP contribution in [-0.4, -0.2) is 12.6 Å². The summed E-state index contributed by atoms with van der Waals surface area (Å²) in [5, 5.41) is 0. The average molecular weight is 185 g/mol. The third-order valence-corrected chi connectivity index (χ3v) is 2.42. The third kappa shape index (κ3) is 5.67. The molecule has 0 heterocycles. The van der Waals surface area contributed by atoms with Gasteiger partial charge in [-0.3, -0.25) is 4.79 Å². The number of esters is 1. The van der Waals surface area contributed by atoms with Crippen LogP contribution in [0.15, 0.2) is 0 Å². The molecule has 0 N–H and O–H groups in total. The molecule has 0 spiro atoms. The highest BCUT2D eigenvalue weighted by Gasteiger charge is 2.15. The smallest absolute Gasteiger partial charge is 0.306 e. The Hall–Kier alpha value is -0.530. The van der Waals surface area contributed by atoms with E-state index in [-0.39, 0.29) is 5.97 Å². The highest BCUT2D eigenvalue weighted by atomic mass is 16.5. The number of hydrogen-bond donors (Lipinski definition) is 0. The summed E-state index contributed by atoms with van der Waals surface area (Å²) in [4.78, 5) is 11.1. The molecule has 0 rings (SSSR count). The Morgan fingerprint density at radius 3 is 2.46 bits per heavy atom. The van der Waals surface area contributed by atoms with Crippen molar-refractivity contribution in [3.05, 3.63) is 6.92 Å². The lowest BCUT2D eigenvalue weighted by Crippen LogP contribution is -2.15. The van der Waals surface area contributed by atoms with Gasteiger partial charge in [-0.2, -0.15) is 0 Å². The Balaban J connectivity index is 3.71. The first-order valence-corrected chi connectivity index (χ1v) is 5.06. The van der Waals surface area contributed by atoms with Crippen LogP contribution in [0.25, 0.3) is 0 Å². The van der Waals surface area contributed by atoms with E-state index < -0.39 is 0 Å². The van der Waals surface area contributed by atoms with Crippen LogP contribution in [0.5, 0.6) is 0 Å². The summed E-state index contributed by atoms with van der Waals surface area (Å²) in [5.74, 6) is 0.883. The van der Waals surface area contributed by atoms with Gasteiger partial charge >= 0.3 is 5.97 Å². The molecule has 0 saturated heterocycles. The van der Waals surface area contributed by atoms with Gasteiger partial charge in [-0.1, -0.05) is 33.6 Å². The summed E-state index contributed by atoms with van der Waals surface area (Å²) in [5.41, 5.74) is 0. The van der Waals surface area contributed by atoms with Crippen molar-refractivity contribution in [3.8, 4) is 0 Å². The fraction of sp³-hybridized carbons (Fsp3) is 0.818. The highest BCUT2D eigenvalue weighted by Crippen LogP contribution is 2.20. The quantitative estimate of drug-likeness (QED) is 0.595. The fourth-order valence-electron chi connectivity index (χ4n) is 1.29. The van der Waals surface area contributed by atoms with E-state index in [1.165, 1.54) is 0 Å². The monoisotopic (exact) mass is 185 g/mol. The van der Waals surface area contributed by atoms with E-state index in [2.05, 4.69) is 20.8 Å². The second kappa shape index (κ2) is 6.93. The number of rotatable bonds is 6. The van der Waals surface area contributed by atoms with E-state index in [0.717, 1.165) is 12.8 Å². The lowest BCUT2D eigenvalue weighted by atomic mass is 9.89. The second-order valence-electron chi connectivity index (χ2n) is 3.61. The number of carbonyl (C=O) groups excluding carboxylic acids is 1. The van der Waals surface area contributed by atoms with Crippen molar-refractivity contribution in [2.45, 2.75) is 40.0 Å². The van der Waals surface area contributed by atoms with Crippen LogP contribution in [0.2, 0.25) is 0 Å². The Labute approximate surface area is 81.7 Å². The van der Waals surface area contributed by atoms with Crippen LogP contribution in [0.3, 0.4) is 0 Å². The molecule has 0 aromatic carbocycles. The Kier molecular flexibility index (Phi) is 6.65. The molecule has 0 bridgehead atoms. The molecular weight excluding hydrogens is 164 g/mol. The van der Waals surface area contributed by atoms with E-state index in [4.69, 9.17) is 4.74 Å². The van der Waals surface area contributed by atoms with Gasteiger partial charge in [0.15, 0.2) is 0 Å². The predicted octanol–water partition coefficient (Wildman–Crippen LogP) is 2.83. The van der Waals surface area contributed by atoms with E-state index in [1.807, 2.05) is 6.92 Å². The van der Waals surface area contributed by atoms with Crippen molar-refractivity contribution < 1.29 is 9.53 Å². The largest absolute Gasteiger partial charge is 0.466 e. The predicted molar refractivity (Wildman–Crippen MR) is 54.2 cm³/mol. The van der Waals surface area contributed by atoms with E-state index in [9.17, 15) is 4.79 Å². The maximum absolute atomic E-state index is 11.1. The van der Waals surface area contributed by atoms with E-state index in [0.29, 0.717) is 24.9 Å².